The summed E-state index contributed by atoms with van der Waals surface area (Å²) in [6.45, 7) is 3.67. The number of amides is 2. The third-order valence-electron chi connectivity index (χ3n) is 5.34. The Bertz CT molecular complexity index is 768. The highest BCUT2D eigenvalue weighted by Crippen LogP contribution is 2.17. The topological polar surface area (TPSA) is 64.1 Å². The number of piperazine rings is 1. The van der Waals surface area contributed by atoms with E-state index in [2.05, 4.69) is 4.90 Å². The Labute approximate surface area is 175 Å². The van der Waals surface area contributed by atoms with Crippen molar-refractivity contribution in [3.05, 3.63) is 40.7 Å². The zero-order valence-electron chi connectivity index (χ0n) is 16.4. The average molecular weight is 424 g/mol. The van der Waals surface area contributed by atoms with Crippen molar-refractivity contribution in [3.8, 4) is 0 Å². The molecule has 2 saturated heterocycles. The number of nitrogens with zero attached hydrogens (tertiary/aromatic N) is 3. The van der Waals surface area contributed by atoms with E-state index in [0.29, 0.717) is 31.7 Å². The molecule has 0 radical (unpaired) electrons. The summed E-state index contributed by atoms with van der Waals surface area (Å²) < 4.78 is 13.2. The predicted molar refractivity (Wildman–Crippen MR) is 110 cm³/mol. The minimum Gasteiger partial charge on any atom is -0.390 e. The Morgan fingerprint density at radius 1 is 1.17 bits per heavy atom. The van der Waals surface area contributed by atoms with Gasteiger partial charge in [0.2, 0.25) is 11.8 Å². The van der Waals surface area contributed by atoms with Crippen molar-refractivity contribution < 1.29 is 19.1 Å². The molecule has 1 N–H and O–H groups in total. The standard InChI is InChI=1S/C21H27ClFN3O3/c22-18-12-16(4-6-19(18)23)5-7-20(28)26-11-10-25(21(29)15-26)14-17(27)13-24-8-2-1-3-9-24/h4-7,12,17,27H,1-3,8-11,13-15H2. The molecule has 2 heterocycles. The molecule has 1 aromatic rings. The van der Waals surface area contributed by atoms with Gasteiger partial charge in [0.05, 0.1) is 11.1 Å². The summed E-state index contributed by atoms with van der Waals surface area (Å²) in [7, 11) is 0. The maximum Gasteiger partial charge on any atom is 0.247 e. The van der Waals surface area contributed by atoms with Crippen LogP contribution in [0.4, 0.5) is 4.39 Å². The molecule has 0 bridgehead atoms. The summed E-state index contributed by atoms with van der Waals surface area (Å²) >= 11 is 5.74. The van der Waals surface area contributed by atoms with Gasteiger partial charge in [-0.15, -0.1) is 0 Å². The molecule has 2 aliphatic rings. The van der Waals surface area contributed by atoms with Crippen molar-refractivity contribution in [1.82, 2.24) is 14.7 Å². The number of hydrogen-bond donors (Lipinski definition) is 1. The van der Waals surface area contributed by atoms with Crippen LogP contribution < -0.4 is 0 Å². The number of carbonyl (C=O) groups is 2. The van der Waals surface area contributed by atoms with E-state index in [0.717, 1.165) is 25.9 Å². The van der Waals surface area contributed by atoms with Crippen molar-refractivity contribution in [1.29, 1.82) is 0 Å². The lowest BCUT2D eigenvalue weighted by Crippen LogP contribution is -2.54. The summed E-state index contributed by atoms with van der Waals surface area (Å²) in [5, 5.41) is 10.3. The van der Waals surface area contributed by atoms with Gasteiger partial charge in [0, 0.05) is 32.3 Å². The number of rotatable bonds is 6. The van der Waals surface area contributed by atoms with Gasteiger partial charge in [-0.1, -0.05) is 24.1 Å². The lowest BCUT2D eigenvalue weighted by atomic mass is 10.1. The molecule has 29 heavy (non-hydrogen) atoms. The third-order valence-corrected chi connectivity index (χ3v) is 5.63. The summed E-state index contributed by atoms with van der Waals surface area (Å²) in [5.74, 6) is -0.966. The first-order valence-electron chi connectivity index (χ1n) is 10.0. The Morgan fingerprint density at radius 3 is 2.62 bits per heavy atom. The monoisotopic (exact) mass is 423 g/mol. The molecular formula is C21H27ClFN3O3. The van der Waals surface area contributed by atoms with Crippen LogP contribution in [0.25, 0.3) is 6.08 Å². The molecular weight excluding hydrogens is 397 g/mol. The van der Waals surface area contributed by atoms with E-state index >= 15 is 0 Å². The molecule has 1 atom stereocenters. The first-order chi connectivity index (χ1) is 13.9. The molecule has 1 unspecified atom stereocenters. The van der Waals surface area contributed by atoms with Crippen molar-refractivity contribution in [2.24, 2.45) is 0 Å². The second-order valence-corrected chi connectivity index (χ2v) is 8.03. The lowest BCUT2D eigenvalue weighted by molar-refractivity contribution is -0.144. The third kappa shape index (κ3) is 6.26. The van der Waals surface area contributed by atoms with Gasteiger partial charge in [0.15, 0.2) is 0 Å². The highest BCUT2D eigenvalue weighted by atomic mass is 35.5. The zero-order valence-corrected chi connectivity index (χ0v) is 17.2. The van der Waals surface area contributed by atoms with Crippen LogP contribution in [0.2, 0.25) is 5.02 Å². The molecule has 2 fully saturated rings. The minimum absolute atomic E-state index is 0.00787. The van der Waals surface area contributed by atoms with Gasteiger partial charge in [-0.2, -0.15) is 0 Å². The first kappa shape index (κ1) is 21.7. The van der Waals surface area contributed by atoms with Gasteiger partial charge in [0.25, 0.3) is 0 Å². The number of aliphatic hydroxyl groups is 1. The average Bonchev–Trinajstić information content (AvgIpc) is 2.71. The van der Waals surface area contributed by atoms with Crippen LogP contribution in [0.15, 0.2) is 24.3 Å². The normalized spacial score (nSPS) is 19.8. The number of benzene rings is 1. The van der Waals surface area contributed by atoms with Crippen molar-refractivity contribution in [2.45, 2.75) is 25.4 Å². The van der Waals surface area contributed by atoms with Gasteiger partial charge < -0.3 is 19.8 Å². The maximum absolute atomic E-state index is 13.2. The zero-order chi connectivity index (χ0) is 20.8. The molecule has 8 heteroatoms. The number of halogens is 2. The largest absolute Gasteiger partial charge is 0.390 e. The van der Waals surface area contributed by atoms with Crippen molar-refractivity contribution in [2.75, 3.05) is 45.8 Å². The van der Waals surface area contributed by atoms with Crippen LogP contribution in [-0.2, 0) is 9.59 Å². The fourth-order valence-electron chi connectivity index (χ4n) is 3.73. The molecule has 6 nitrogen and oxygen atoms in total. The second-order valence-electron chi connectivity index (χ2n) is 7.62. The van der Waals surface area contributed by atoms with E-state index in [1.807, 2.05) is 0 Å². The molecule has 3 rings (SSSR count). The van der Waals surface area contributed by atoms with Crippen molar-refractivity contribution >= 4 is 29.5 Å². The van der Waals surface area contributed by atoms with Crippen LogP contribution in [-0.4, -0.2) is 83.5 Å². The lowest BCUT2D eigenvalue weighted by Gasteiger charge is -2.36. The van der Waals surface area contributed by atoms with Crippen LogP contribution in [0, 0.1) is 5.82 Å². The number of piperidine rings is 1. The number of hydrogen-bond acceptors (Lipinski definition) is 4. The second kappa shape index (κ2) is 10.2. The maximum atomic E-state index is 13.2. The fourth-order valence-corrected chi connectivity index (χ4v) is 3.92. The molecule has 158 valence electrons. The number of likely N-dealkylation sites (tertiary alicyclic amines) is 1. The van der Waals surface area contributed by atoms with E-state index in [-0.39, 0.29) is 23.4 Å². The molecule has 0 spiro atoms. The molecule has 0 aliphatic carbocycles. The SMILES string of the molecule is O=C(C=Cc1ccc(F)c(Cl)c1)N1CCN(CC(O)CN2CCCCC2)C(=O)C1. The number of β-amino-alcohol motifs (C(OH)–C–C–N with tert-alkyl or cyclic N) is 1. The first-order valence-corrected chi connectivity index (χ1v) is 10.4. The highest BCUT2D eigenvalue weighted by Gasteiger charge is 2.28. The van der Waals surface area contributed by atoms with Gasteiger partial charge in [-0.3, -0.25) is 9.59 Å². The Morgan fingerprint density at radius 2 is 1.93 bits per heavy atom. The van der Waals surface area contributed by atoms with E-state index in [4.69, 9.17) is 11.6 Å². The molecule has 0 aromatic heterocycles. The smallest absolute Gasteiger partial charge is 0.247 e. The molecule has 0 saturated carbocycles. The highest BCUT2D eigenvalue weighted by molar-refractivity contribution is 6.30. The fraction of sp³-hybridized carbons (Fsp3) is 0.524. The minimum atomic E-state index is -0.581. The van der Waals surface area contributed by atoms with Crippen LogP contribution >= 0.6 is 11.6 Å². The van der Waals surface area contributed by atoms with Gasteiger partial charge in [0.1, 0.15) is 12.4 Å². The summed E-state index contributed by atoms with van der Waals surface area (Å²) in [5.41, 5.74) is 0.607. The van der Waals surface area contributed by atoms with E-state index in [1.165, 1.54) is 35.6 Å². The summed E-state index contributed by atoms with van der Waals surface area (Å²) in [6.07, 6.45) is 5.88. The Hall–Kier alpha value is -1.96. The summed E-state index contributed by atoms with van der Waals surface area (Å²) in [4.78, 5) is 30.1. The quantitative estimate of drug-likeness (QED) is 0.711. The van der Waals surface area contributed by atoms with Crippen LogP contribution in [0.1, 0.15) is 24.8 Å². The predicted octanol–water partition coefficient (Wildman–Crippen LogP) is 2.01. The van der Waals surface area contributed by atoms with Gasteiger partial charge >= 0.3 is 0 Å². The van der Waals surface area contributed by atoms with E-state index in [1.54, 1.807) is 11.0 Å². The van der Waals surface area contributed by atoms with Crippen LogP contribution in [0.5, 0.6) is 0 Å². The molecule has 1 aromatic carbocycles. The Balaban J connectivity index is 1.47. The molecule has 2 aliphatic heterocycles. The van der Waals surface area contributed by atoms with E-state index in [9.17, 15) is 19.1 Å². The number of carbonyl (C=O) groups excluding carboxylic acids is 2. The number of aliphatic hydroxyl groups excluding tert-OH is 1. The molecule has 2 amide bonds. The Kier molecular flexibility index (Phi) is 7.64. The van der Waals surface area contributed by atoms with Crippen LogP contribution in [0.3, 0.4) is 0 Å². The van der Waals surface area contributed by atoms with E-state index < -0.39 is 11.9 Å². The van der Waals surface area contributed by atoms with Crippen molar-refractivity contribution in [3.63, 3.8) is 0 Å². The van der Waals surface area contributed by atoms with Gasteiger partial charge in [-0.05, 0) is 49.7 Å². The van der Waals surface area contributed by atoms with Gasteiger partial charge in [-0.25, -0.2) is 4.39 Å². The summed E-state index contributed by atoms with van der Waals surface area (Å²) in [6, 6.07) is 4.20.